The third-order valence-electron chi connectivity index (χ3n) is 2.81. The smallest absolute Gasteiger partial charge is 0.0369 e. The first kappa shape index (κ1) is 12.1. The van der Waals surface area contributed by atoms with Crippen LogP contribution in [0.15, 0.2) is 24.3 Å². The van der Waals surface area contributed by atoms with Gasteiger partial charge in [-0.1, -0.05) is 32.0 Å². The standard InChI is InChI=1S/C13H22N2/c1-11-6-4-5-7-12(11)15-9-8-13(2,3)10-14/h4-7,15H,8-10,14H2,1-3H3. The lowest BCUT2D eigenvalue weighted by atomic mass is 9.90. The number of hydrogen-bond donors (Lipinski definition) is 2. The number of anilines is 1. The first-order valence-electron chi connectivity index (χ1n) is 5.55. The Bertz CT molecular complexity index is 305. The van der Waals surface area contributed by atoms with Crippen molar-refractivity contribution in [2.75, 3.05) is 18.4 Å². The molecule has 2 nitrogen and oxygen atoms in total. The summed E-state index contributed by atoms with van der Waals surface area (Å²) in [6.45, 7) is 8.24. The molecule has 84 valence electrons. The minimum atomic E-state index is 0.232. The molecule has 15 heavy (non-hydrogen) atoms. The monoisotopic (exact) mass is 206 g/mol. The van der Waals surface area contributed by atoms with Gasteiger partial charge in [-0.15, -0.1) is 0 Å². The number of hydrogen-bond acceptors (Lipinski definition) is 2. The molecule has 0 aliphatic carbocycles. The van der Waals surface area contributed by atoms with E-state index in [0.717, 1.165) is 19.5 Å². The van der Waals surface area contributed by atoms with E-state index in [9.17, 15) is 0 Å². The Balaban J connectivity index is 2.42. The van der Waals surface area contributed by atoms with Crippen molar-refractivity contribution < 1.29 is 0 Å². The fraction of sp³-hybridized carbons (Fsp3) is 0.538. The Kier molecular flexibility index (Phi) is 4.15. The van der Waals surface area contributed by atoms with Crippen LogP contribution in [0.1, 0.15) is 25.8 Å². The van der Waals surface area contributed by atoms with Gasteiger partial charge in [0.05, 0.1) is 0 Å². The van der Waals surface area contributed by atoms with Crippen molar-refractivity contribution in [3.05, 3.63) is 29.8 Å². The SMILES string of the molecule is Cc1ccccc1NCCC(C)(C)CN. The largest absolute Gasteiger partial charge is 0.385 e. The maximum Gasteiger partial charge on any atom is 0.0369 e. The third kappa shape index (κ3) is 3.92. The van der Waals surface area contributed by atoms with Crippen LogP contribution in [0.2, 0.25) is 0 Å². The number of para-hydroxylation sites is 1. The van der Waals surface area contributed by atoms with Gasteiger partial charge in [0.15, 0.2) is 0 Å². The normalized spacial score (nSPS) is 11.5. The number of rotatable bonds is 5. The Morgan fingerprint density at radius 1 is 1.27 bits per heavy atom. The van der Waals surface area contributed by atoms with Crippen LogP contribution in [0.3, 0.4) is 0 Å². The van der Waals surface area contributed by atoms with Gasteiger partial charge in [0.25, 0.3) is 0 Å². The highest BCUT2D eigenvalue weighted by Crippen LogP contribution is 2.19. The lowest BCUT2D eigenvalue weighted by molar-refractivity contribution is 0.358. The molecule has 0 bridgehead atoms. The summed E-state index contributed by atoms with van der Waals surface area (Å²) in [4.78, 5) is 0. The summed E-state index contributed by atoms with van der Waals surface area (Å²) in [5.41, 5.74) is 8.44. The van der Waals surface area contributed by atoms with E-state index in [1.165, 1.54) is 11.3 Å². The maximum absolute atomic E-state index is 5.69. The molecule has 0 atom stereocenters. The zero-order valence-corrected chi connectivity index (χ0v) is 10.0. The second-order valence-corrected chi connectivity index (χ2v) is 4.86. The van der Waals surface area contributed by atoms with Gasteiger partial charge in [-0.25, -0.2) is 0 Å². The molecule has 1 rings (SSSR count). The van der Waals surface area contributed by atoms with E-state index in [-0.39, 0.29) is 5.41 Å². The van der Waals surface area contributed by atoms with E-state index in [1.807, 2.05) is 0 Å². The molecule has 0 saturated heterocycles. The molecule has 1 aromatic carbocycles. The highest BCUT2D eigenvalue weighted by molar-refractivity contribution is 5.50. The zero-order valence-electron chi connectivity index (χ0n) is 10.0. The van der Waals surface area contributed by atoms with Gasteiger partial charge < -0.3 is 11.1 Å². The first-order chi connectivity index (χ1) is 7.05. The quantitative estimate of drug-likeness (QED) is 0.777. The molecule has 0 heterocycles. The zero-order chi connectivity index (χ0) is 11.3. The van der Waals surface area contributed by atoms with Crippen LogP contribution in [0, 0.1) is 12.3 Å². The van der Waals surface area contributed by atoms with E-state index in [1.54, 1.807) is 0 Å². The average Bonchev–Trinajstić information content (AvgIpc) is 2.21. The first-order valence-corrected chi connectivity index (χ1v) is 5.55. The van der Waals surface area contributed by atoms with Crippen molar-refractivity contribution in [3.8, 4) is 0 Å². The van der Waals surface area contributed by atoms with Gasteiger partial charge in [0.2, 0.25) is 0 Å². The van der Waals surface area contributed by atoms with E-state index >= 15 is 0 Å². The summed E-state index contributed by atoms with van der Waals surface area (Å²) in [5.74, 6) is 0. The van der Waals surface area contributed by atoms with Crippen LogP contribution in [0.4, 0.5) is 5.69 Å². The molecule has 0 aliphatic rings. The van der Waals surface area contributed by atoms with Gasteiger partial charge in [-0.3, -0.25) is 0 Å². The number of benzene rings is 1. The van der Waals surface area contributed by atoms with Crippen molar-refractivity contribution in [1.29, 1.82) is 0 Å². The number of nitrogens with two attached hydrogens (primary N) is 1. The van der Waals surface area contributed by atoms with Crippen LogP contribution in [-0.4, -0.2) is 13.1 Å². The molecule has 0 unspecified atom stereocenters. The minimum Gasteiger partial charge on any atom is -0.385 e. The van der Waals surface area contributed by atoms with Crippen molar-refractivity contribution in [2.45, 2.75) is 27.2 Å². The van der Waals surface area contributed by atoms with Gasteiger partial charge in [-0.2, -0.15) is 0 Å². The van der Waals surface area contributed by atoms with E-state index in [4.69, 9.17) is 5.73 Å². The summed E-state index contributed by atoms with van der Waals surface area (Å²) in [6, 6.07) is 8.36. The molecule has 2 heteroatoms. The van der Waals surface area contributed by atoms with Crippen molar-refractivity contribution >= 4 is 5.69 Å². The number of aryl methyl sites for hydroxylation is 1. The molecule has 0 amide bonds. The lowest BCUT2D eigenvalue weighted by Crippen LogP contribution is -2.26. The van der Waals surface area contributed by atoms with Crippen molar-refractivity contribution in [1.82, 2.24) is 0 Å². The predicted octanol–water partition coefficient (Wildman–Crippen LogP) is 2.78. The molecule has 0 fully saturated rings. The molecule has 3 N–H and O–H groups in total. The van der Waals surface area contributed by atoms with Crippen LogP contribution < -0.4 is 11.1 Å². The molecule has 0 saturated carbocycles. The molecular formula is C13H22N2. The summed E-state index contributed by atoms with van der Waals surface area (Å²) in [7, 11) is 0. The highest BCUT2D eigenvalue weighted by atomic mass is 14.9. The van der Waals surface area contributed by atoms with Crippen LogP contribution in [-0.2, 0) is 0 Å². The summed E-state index contributed by atoms with van der Waals surface area (Å²) >= 11 is 0. The fourth-order valence-corrected chi connectivity index (χ4v) is 1.41. The van der Waals surface area contributed by atoms with Gasteiger partial charge >= 0.3 is 0 Å². The predicted molar refractivity (Wildman–Crippen MR) is 67.1 cm³/mol. The third-order valence-corrected chi connectivity index (χ3v) is 2.81. The molecule has 0 spiro atoms. The molecule has 0 radical (unpaired) electrons. The summed E-state index contributed by atoms with van der Waals surface area (Å²) in [5, 5.41) is 3.45. The maximum atomic E-state index is 5.69. The molecule has 1 aromatic rings. The lowest BCUT2D eigenvalue weighted by Gasteiger charge is -2.22. The number of nitrogens with one attached hydrogen (secondary N) is 1. The molecular weight excluding hydrogens is 184 g/mol. The second-order valence-electron chi connectivity index (χ2n) is 4.86. The van der Waals surface area contributed by atoms with Crippen molar-refractivity contribution in [3.63, 3.8) is 0 Å². The fourth-order valence-electron chi connectivity index (χ4n) is 1.41. The van der Waals surface area contributed by atoms with E-state index in [2.05, 4.69) is 50.4 Å². The van der Waals surface area contributed by atoms with E-state index < -0.39 is 0 Å². The second kappa shape index (κ2) is 5.17. The highest BCUT2D eigenvalue weighted by Gasteiger charge is 2.14. The Morgan fingerprint density at radius 2 is 1.93 bits per heavy atom. The summed E-state index contributed by atoms with van der Waals surface area (Å²) < 4.78 is 0. The van der Waals surface area contributed by atoms with Crippen LogP contribution in [0.25, 0.3) is 0 Å². The Morgan fingerprint density at radius 3 is 2.53 bits per heavy atom. The van der Waals surface area contributed by atoms with Crippen LogP contribution >= 0.6 is 0 Å². The topological polar surface area (TPSA) is 38.0 Å². The molecule has 0 aliphatic heterocycles. The Labute approximate surface area is 92.9 Å². The molecule has 0 aromatic heterocycles. The average molecular weight is 206 g/mol. The minimum absolute atomic E-state index is 0.232. The summed E-state index contributed by atoms with van der Waals surface area (Å²) in [6.07, 6.45) is 1.10. The van der Waals surface area contributed by atoms with Crippen LogP contribution in [0.5, 0.6) is 0 Å². The van der Waals surface area contributed by atoms with Gasteiger partial charge in [-0.05, 0) is 36.9 Å². The Hall–Kier alpha value is -1.02. The van der Waals surface area contributed by atoms with Crippen molar-refractivity contribution in [2.24, 2.45) is 11.1 Å². The van der Waals surface area contributed by atoms with E-state index in [0.29, 0.717) is 0 Å². The van der Waals surface area contributed by atoms with Gasteiger partial charge in [0.1, 0.15) is 0 Å². The van der Waals surface area contributed by atoms with Gasteiger partial charge in [0, 0.05) is 12.2 Å².